The summed E-state index contributed by atoms with van der Waals surface area (Å²) in [4.78, 5) is 41.4. The summed E-state index contributed by atoms with van der Waals surface area (Å²) in [5.41, 5.74) is 2.93. The van der Waals surface area contributed by atoms with Crippen LogP contribution in [0.1, 0.15) is 48.1 Å². The van der Waals surface area contributed by atoms with Crippen molar-refractivity contribution >= 4 is 65.3 Å². The van der Waals surface area contributed by atoms with Crippen molar-refractivity contribution in [3.05, 3.63) is 63.9 Å². The molecule has 0 saturated carbocycles. The maximum Gasteiger partial charge on any atom is 0.251 e. The van der Waals surface area contributed by atoms with E-state index < -0.39 is 33.7 Å². The van der Waals surface area contributed by atoms with Crippen LogP contribution in [-0.2, 0) is 4.79 Å². The molecule has 2 aromatic rings. The Labute approximate surface area is 254 Å². The molecule has 3 aliphatic rings. The van der Waals surface area contributed by atoms with Crippen LogP contribution in [-0.4, -0.2) is 86.0 Å². The maximum atomic E-state index is 13.5. The SMILES string of the molecule is CCN(CC)[C@@H](C)CNC(=O)c1cc(C2=C3N=C(c4cccs4)C=CN3I=C2)nc(N2CC[C@H]2C(=O)NCCF)c1. The number of hydrogen-bond acceptors (Lipinski definition) is 8. The summed E-state index contributed by atoms with van der Waals surface area (Å²) >= 11 is 1.17. The Morgan fingerprint density at radius 3 is 2.78 bits per heavy atom. The van der Waals surface area contributed by atoms with E-state index in [1.54, 1.807) is 17.4 Å². The van der Waals surface area contributed by atoms with Gasteiger partial charge in [-0.05, 0) is 56.1 Å². The molecule has 2 aromatic heterocycles. The fourth-order valence-electron chi connectivity index (χ4n) is 5.02. The second-order valence-corrected chi connectivity index (χ2v) is 13.1. The number of likely N-dealkylation sites (N-methyl/N-ethyl adjacent to an activating group) is 1. The monoisotopic (exact) mass is 691 g/mol. The average Bonchev–Trinajstić information content (AvgIpc) is 3.65. The van der Waals surface area contributed by atoms with Crippen molar-refractivity contribution in [2.45, 2.75) is 39.3 Å². The molecule has 0 aliphatic carbocycles. The Morgan fingerprint density at radius 2 is 2.10 bits per heavy atom. The van der Waals surface area contributed by atoms with Gasteiger partial charge in [0.15, 0.2) is 5.82 Å². The number of alkyl halides is 1. The van der Waals surface area contributed by atoms with Crippen LogP contribution in [0.4, 0.5) is 10.2 Å². The number of carbonyl (C=O) groups is 2. The molecule has 12 heteroatoms. The van der Waals surface area contributed by atoms with E-state index in [0.717, 1.165) is 35.1 Å². The molecule has 5 heterocycles. The molecule has 41 heavy (non-hydrogen) atoms. The molecule has 3 aliphatic heterocycles. The molecule has 2 amide bonds. The zero-order valence-corrected chi connectivity index (χ0v) is 26.4. The Bertz CT molecular complexity index is 1400. The topological polar surface area (TPSA) is 93.2 Å². The van der Waals surface area contributed by atoms with Gasteiger partial charge in [-0.3, -0.25) is 17.6 Å². The predicted molar refractivity (Wildman–Crippen MR) is 173 cm³/mol. The van der Waals surface area contributed by atoms with Gasteiger partial charge in [-0.15, -0.1) is 11.3 Å². The van der Waals surface area contributed by atoms with Crippen molar-refractivity contribution in [1.29, 1.82) is 0 Å². The van der Waals surface area contributed by atoms with Crippen LogP contribution in [0.25, 0.3) is 5.57 Å². The number of allylic oxidation sites excluding steroid dienone is 2. The summed E-state index contributed by atoms with van der Waals surface area (Å²) in [7, 11) is 0. The Kier molecular flexibility index (Phi) is 9.60. The van der Waals surface area contributed by atoms with Crippen LogP contribution in [0.3, 0.4) is 0 Å². The number of nitrogens with zero attached hydrogens (tertiary/aromatic N) is 5. The first-order valence-electron chi connectivity index (χ1n) is 13.9. The number of amides is 2. The fourth-order valence-corrected chi connectivity index (χ4v) is 7.86. The number of rotatable bonds is 12. The highest BCUT2D eigenvalue weighted by Gasteiger charge is 2.36. The standard InChI is InChI=1S/C29H35FIN7O2S/c1-4-36(5-2)19(3)18-33-28(39)20-15-23(34-26(16-20)37-12-9-24(37)29(40)32-11-10-30)21-17-31-38-13-8-22(35-27(21)38)25-7-6-14-41-25/h6-8,13-17,19,24H,4-5,9-12,18H2,1-3H3,(H,32,40)(H,33,39)/t19-,24-/m0/s1. The molecule has 9 nitrogen and oxygen atoms in total. The number of hydrogen-bond donors (Lipinski definition) is 2. The van der Waals surface area contributed by atoms with Crippen LogP contribution < -0.4 is 15.5 Å². The van der Waals surface area contributed by atoms with Gasteiger partial charge in [-0.2, -0.15) is 0 Å². The quantitative estimate of drug-likeness (QED) is 0.259. The summed E-state index contributed by atoms with van der Waals surface area (Å²) in [6.45, 7) is 8.67. The molecule has 2 N–H and O–H groups in total. The molecular weight excluding hydrogens is 656 g/mol. The highest BCUT2D eigenvalue weighted by molar-refractivity contribution is 14.2. The molecule has 0 bridgehead atoms. The van der Waals surface area contributed by atoms with E-state index in [9.17, 15) is 14.0 Å². The van der Waals surface area contributed by atoms with Crippen LogP contribution in [0.2, 0.25) is 0 Å². The summed E-state index contributed by atoms with van der Waals surface area (Å²) in [6, 6.07) is 7.39. The zero-order chi connectivity index (χ0) is 28.9. The van der Waals surface area contributed by atoms with Crippen molar-refractivity contribution in [3.8, 4) is 0 Å². The lowest BCUT2D eigenvalue weighted by atomic mass is 10.0. The fraction of sp³-hybridized carbons (Fsp3) is 0.414. The molecule has 1 fully saturated rings. The van der Waals surface area contributed by atoms with Gasteiger partial charge in [0.25, 0.3) is 5.91 Å². The molecule has 0 radical (unpaired) electrons. The van der Waals surface area contributed by atoms with Gasteiger partial charge in [0.2, 0.25) is 5.91 Å². The number of pyridine rings is 1. The number of anilines is 1. The lowest BCUT2D eigenvalue weighted by Gasteiger charge is -2.41. The van der Waals surface area contributed by atoms with Gasteiger partial charge >= 0.3 is 0 Å². The van der Waals surface area contributed by atoms with Crippen molar-refractivity contribution in [1.82, 2.24) is 23.6 Å². The highest BCUT2D eigenvalue weighted by Crippen LogP contribution is 2.37. The maximum absolute atomic E-state index is 13.5. The summed E-state index contributed by atoms with van der Waals surface area (Å²) < 4.78 is 17.0. The minimum absolute atomic E-state index is 0.0161. The molecule has 0 unspecified atom stereocenters. The third kappa shape index (κ3) is 6.44. The first-order valence-corrected chi connectivity index (χ1v) is 17.0. The summed E-state index contributed by atoms with van der Waals surface area (Å²) in [5.74, 6) is 0.974. The lowest BCUT2D eigenvalue weighted by molar-refractivity contribution is -0.123. The first kappa shape index (κ1) is 29.5. The van der Waals surface area contributed by atoms with Crippen LogP contribution in [0, 0.1) is 0 Å². The Balaban J connectivity index is 1.49. The number of fused-ring (bicyclic) bond motifs is 1. The number of aliphatic imine (C=N–C) groups is 1. The second-order valence-electron chi connectivity index (χ2n) is 9.90. The van der Waals surface area contributed by atoms with Gasteiger partial charge < -0.3 is 15.5 Å². The first-order chi connectivity index (χ1) is 19.9. The van der Waals surface area contributed by atoms with Crippen LogP contribution in [0.5, 0.6) is 0 Å². The van der Waals surface area contributed by atoms with Crippen molar-refractivity contribution in [2.24, 2.45) is 4.99 Å². The zero-order valence-electron chi connectivity index (χ0n) is 23.4. The van der Waals surface area contributed by atoms with E-state index in [1.165, 1.54) is 0 Å². The highest BCUT2D eigenvalue weighted by atomic mass is 127. The van der Waals surface area contributed by atoms with E-state index in [2.05, 4.69) is 55.7 Å². The van der Waals surface area contributed by atoms with Gasteiger partial charge in [0, 0.05) is 62.5 Å². The summed E-state index contributed by atoms with van der Waals surface area (Å²) in [5, 5.41) is 7.77. The third-order valence-electron chi connectivity index (χ3n) is 7.42. The molecular formula is C29H35FIN7O2S. The Hall–Kier alpha value is -2.97. The minimum atomic E-state index is -0.614. The van der Waals surface area contributed by atoms with Crippen molar-refractivity contribution < 1.29 is 14.0 Å². The van der Waals surface area contributed by atoms with Crippen LogP contribution in [0.15, 0.2) is 52.7 Å². The van der Waals surface area contributed by atoms with E-state index in [-0.39, 0.29) is 24.4 Å². The number of thiophene rings is 1. The Morgan fingerprint density at radius 1 is 1.27 bits per heavy atom. The smallest absolute Gasteiger partial charge is 0.251 e. The van der Waals surface area contributed by atoms with Gasteiger partial charge in [-0.1, -0.05) is 19.9 Å². The molecule has 5 rings (SSSR count). The van der Waals surface area contributed by atoms with Gasteiger partial charge in [0.1, 0.15) is 18.5 Å². The van der Waals surface area contributed by atoms with E-state index in [1.807, 2.05) is 28.5 Å². The van der Waals surface area contributed by atoms with Gasteiger partial charge in [-0.25, -0.2) is 14.4 Å². The van der Waals surface area contributed by atoms with Gasteiger partial charge in [0.05, 0.1) is 21.9 Å². The predicted octanol–water partition coefficient (Wildman–Crippen LogP) is 3.96. The van der Waals surface area contributed by atoms with E-state index >= 15 is 0 Å². The number of nitrogens with one attached hydrogen (secondary N) is 2. The minimum Gasteiger partial charge on any atom is -0.352 e. The molecule has 1 saturated heterocycles. The lowest BCUT2D eigenvalue weighted by Crippen LogP contribution is -2.57. The largest absolute Gasteiger partial charge is 0.352 e. The second kappa shape index (κ2) is 13.3. The van der Waals surface area contributed by atoms with Crippen molar-refractivity contribution in [2.75, 3.05) is 44.3 Å². The van der Waals surface area contributed by atoms with Crippen molar-refractivity contribution in [3.63, 3.8) is 0 Å². The molecule has 0 aromatic carbocycles. The third-order valence-corrected chi connectivity index (χ3v) is 10.6. The number of aromatic nitrogens is 1. The molecule has 218 valence electrons. The van der Waals surface area contributed by atoms with E-state index in [0.29, 0.717) is 36.6 Å². The molecule has 0 spiro atoms. The number of carbonyl (C=O) groups excluding carboxylic acids is 2. The number of halogens is 2. The van der Waals surface area contributed by atoms with E-state index in [4.69, 9.17) is 9.98 Å². The molecule has 2 atom stereocenters. The normalized spacial score (nSPS) is 18.6. The average molecular weight is 692 g/mol. The van der Waals surface area contributed by atoms with Crippen LogP contribution >= 0.6 is 32.3 Å². The summed E-state index contributed by atoms with van der Waals surface area (Å²) in [6.07, 6.45) is 4.75.